The summed E-state index contributed by atoms with van der Waals surface area (Å²) < 4.78 is 86.7. The largest absolute Gasteiger partial charge is 0.501 e. The quantitative estimate of drug-likeness (QED) is 0.0963. The lowest BCUT2D eigenvalue weighted by Crippen LogP contribution is -2.44. The average Bonchev–Trinajstić information content (AvgIpc) is 2.70. The van der Waals surface area contributed by atoms with Crippen LogP contribution in [0.25, 0.3) is 0 Å². The van der Waals surface area contributed by atoms with Gasteiger partial charge in [0.05, 0.1) is 13.2 Å². The molecule has 0 aliphatic carbocycles. The number of carbonyl (C=O) groups is 3. The molecule has 35 heavy (non-hydrogen) atoms. The highest BCUT2D eigenvalue weighted by Crippen LogP contribution is 2.29. The Hall–Kier alpha value is -3.38. The third-order valence-corrected chi connectivity index (χ3v) is 3.72. The number of rotatable bonds is 6. The number of amides is 2. The lowest BCUT2D eigenvalue weighted by atomic mass is 10.2. The van der Waals surface area contributed by atoms with Crippen molar-refractivity contribution in [3.63, 3.8) is 0 Å². The Balaban J connectivity index is 3.10. The van der Waals surface area contributed by atoms with Crippen LogP contribution >= 0.6 is 0 Å². The molecular weight excluding hydrogens is 485 g/mol. The normalized spacial score (nSPS) is 12.2. The first kappa shape index (κ1) is 29.7. The second-order valence-electron chi connectivity index (χ2n) is 9.00. The second-order valence-corrected chi connectivity index (χ2v) is 9.00. The number of imide groups is 1. The molecule has 0 atom stereocenters. The molecule has 1 aromatic carbocycles. The SMILES string of the molecule is CO/C(=C\C(=O)Oc1c(F)c(F)c(F)c(F)c1F)CCN(C(=O)OC(C)(C)C)C(=O)OC(C)(C)C. The summed E-state index contributed by atoms with van der Waals surface area (Å²) in [5.74, 6) is -15.3. The van der Waals surface area contributed by atoms with Gasteiger partial charge in [-0.05, 0) is 41.5 Å². The molecule has 0 aromatic heterocycles. The van der Waals surface area contributed by atoms with Crippen LogP contribution in [-0.4, -0.2) is 47.9 Å². The molecule has 0 saturated heterocycles. The van der Waals surface area contributed by atoms with E-state index in [1.807, 2.05) is 0 Å². The molecule has 1 aromatic rings. The molecule has 0 bridgehead atoms. The Morgan fingerprint density at radius 2 is 1.17 bits per heavy atom. The number of hydrogen-bond acceptors (Lipinski definition) is 7. The Labute approximate surface area is 198 Å². The molecule has 0 radical (unpaired) electrons. The van der Waals surface area contributed by atoms with Gasteiger partial charge in [0.15, 0.2) is 0 Å². The zero-order valence-electron chi connectivity index (χ0n) is 20.2. The molecule has 0 aliphatic rings. The van der Waals surface area contributed by atoms with Crippen molar-refractivity contribution in [1.29, 1.82) is 0 Å². The Morgan fingerprint density at radius 3 is 1.54 bits per heavy atom. The first-order valence-corrected chi connectivity index (χ1v) is 10.1. The van der Waals surface area contributed by atoms with Gasteiger partial charge in [-0.1, -0.05) is 0 Å². The third kappa shape index (κ3) is 8.72. The van der Waals surface area contributed by atoms with Gasteiger partial charge in [-0.25, -0.2) is 32.5 Å². The minimum Gasteiger partial charge on any atom is -0.501 e. The average molecular weight is 511 g/mol. The summed E-state index contributed by atoms with van der Waals surface area (Å²) in [7, 11) is 1.09. The van der Waals surface area contributed by atoms with E-state index in [0.29, 0.717) is 11.0 Å². The summed E-state index contributed by atoms with van der Waals surface area (Å²) in [5, 5.41) is 0. The Kier molecular flexibility index (Phi) is 9.63. The smallest absolute Gasteiger partial charge is 0.419 e. The molecule has 196 valence electrons. The fraction of sp³-hybridized carbons (Fsp3) is 0.500. The van der Waals surface area contributed by atoms with Gasteiger partial charge in [0.25, 0.3) is 0 Å². The predicted molar refractivity (Wildman–Crippen MR) is 111 cm³/mol. The topological polar surface area (TPSA) is 91.4 Å². The highest BCUT2D eigenvalue weighted by molar-refractivity contribution is 5.88. The lowest BCUT2D eigenvalue weighted by molar-refractivity contribution is -0.129. The van der Waals surface area contributed by atoms with E-state index in [4.69, 9.17) is 14.2 Å². The van der Waals surface area contributed by atoms with E-state index in [1.54, 1.807) is 41.5 Å². The van der Waals surface area contributed by atoms with E-state index < -0.39 is 70.7 Å². The number of ether oxygens (including phenoxy) is 4. The van der Waals surface area contributed by atoms with Gasteiger partial charge in [0, 0.05) is 13.0 Å². The van der Waals surface area contributed by atoms with Crippen LogP contribution in [0.1, 0.15) is 48.0 Å². The van der Waals surface area contributed by atoms with Gasteiger partial charge < -0.3 is 18.9 Å². The summed E-state index contributed by atoms with van der Waals surface area (Å²) >= 11 is 0. The van der Waals surface area contributed by atoms with Crippen LogP contribution in [0.15, 0.2) is 11.8 Å². The number of methoxy groups -OCH3 is 1. The van der Waals surface area contributed by atoms with Gasteiger partial charge >= 0.3 is 18.2 Å². The van der Waals surface area contributed by atoms with Gasteiger partial charge in [-0.15, -0.1) is 0 Å². The Morgan fingerprint density at radius 1 is 0.771 bits per heavy atom. The Bertz CT molecular complexity index is 956. The van der Waals surface area contributed by atoms with Gasteiger partial charge in [-0.2, -0.15) is 8.78 Å². The maximum absolute atomic E-state index is 13.7. The molecule has 0 unspecified atom stereocenters. The van der Waals surface area contributed by atoms with E-state index in [0.717, 1.165) is 7.11 Å². The fourth-order valence-corrected chi connectivity index (χ4v) is 2.28. The molecule has 0 spiro atoms. The highest BCUT2D eigenvalue weighted by Gasteiger charge is 2.32. The summed E-state index contributed by atoms with van der Waals surface area (Å²) in [6, 6.07) is 0. The van der Waals surface area contributed by atoms with Crippen molar-refractivity contribution in [2.75, 3.05) is 13.7 Å². The van der Waals surface area contributed by atoms with E-state index in [9.17, 15) is 36.3 Å². The number of benzene rings is 1. The van der Waals surface area contributed by atoms with Crippen LogP contribution < -0.4 is 4.74 Å². The minimum atomic E-state index is -2.42. The van der Waals surface area contributed by atoms with Crippen molar-refractivity contribution >= 4 is 18.2 Å². The molecule has 0 N–H and O–H groups in total. The summed E-state index contributed by atoms with van der Waals surface area (Å²) in [6.07, 6.45) is -1.92. The summed E-state index contributed by atoms with van der Waals surface area (Å²) in [5.41, 5.74) is -1.93. The van der Waals surface area contributed by atoms with Gasteiger partial charge in [-0.3, -0.25) is 0 Å². The molecule has 8 nitrogen and oxygen atoms in total. The zero-order valence-corrected chi connectivity index (χ0v) is 20.2. The van der Waals surface area contributed by atoms with E-state index >= 15 is 0 Å². The van der Waals surface area contributed by atoms with Crippen molar-refractivity contribution in [3.8, 4) is 5.75 Å². The lowest BCUT2D eigenvalue weighted by Gasteiger charge is -2.28. The number of carbonyl (C=O) groups excluding carboxylic acids is 3. The standard InChI is InChI=1S/C22H26F5NO7/c1-21(2,3)34-19(30)28(20(31)35-22(4,5)6)9-8-11(32-7)10-12(29)33-18-16(26)14(24)13(23)15(25)17(18)27/h10H,8-9H2,1-7H3/b11-10-. The molecule has 0 heterocycles. The zero-order chi connectivity index (χ0) is 27.3. The van der Waals surface area contributed by atoms with Crippen molar-refractivity contribution in [2.24, 2.45) is 0 Å². The van der Waals surface area contributed by atoms with Crippen molar-refractivity contribution in [1.82, 2.24) is 4.90 Å². The van der Waals surface area contributed by atoms with Crippen LogP contribution in [0.2, 0.25) is 0 Å². The first-order chi connectivity index (χ1) is 15.9. The number of halogens is 5. The van der Waals surface area contributed by atoms with Crippen molar-refractivity contribution in [3.05, 3.63) is 40.9 Å². The molecule has 0 saturated carbocycles. The van der Waals surface area contributed by atoms with Crippen LogP contribution in [0.4, 0.5) is 31.5 Å². The predicted octanol–water partition coefficient (Wildman–Crippen LogP) is 5.38. The third-order valence-electron chi connectivity index (χ3n) is 3.72. The van der Waals surface area contributed by atoms with E-state index in [1.165, 1.54) is 0 Å². The molecule has 0 fully saturated rings. The van der Waals surface area contributed by atoms with Gasteiger partial charge in [0.2, 0.25) is 34.8 Å². The summed E-state index contributed by atoms with van der Waals surface area (Å²) in [6.45, 7) is 8.95. The van der Waals surface area contributed by atoms with Crippen LogP contribution in [0.3, 0.4) is 0 Å². The molecule has 0 aliphatic heterocycles. The first-order valence-electron chi connectivity index (χ1n) is 10.1. The van der Waals surface area contributed by atoms with Gasteiger partial charge in [0.1, 0.15) is 17.0 Å². The maximum Gasteiger partial charge on any atom is 0.419 e. The number of hydrogen-bond donors (Lipinski definition) is 0. The van der Waals surface area contributed by atoms with E-state index in [-0.39, 0.29) is 12.2 Å². The van der Waals surface area contributed by atoms with Crippen LogP contribution in [0, 0.1) is 29.1 Å². The van der Waals surface area contributed by atoms with Crippen molar-refractivity contribution < 1.29 is 55.3 Å². The highest BCUT2D eigenvalue weighted by atomic mass is 19.2. The van der Waals surface area contributed by atoms with Crippen LogP contribution in [0.5, 0.6) is 5.75 Å². The van der Waals surface area contributed by atoms with Crippen molar-refractivity contribution in [2.45, 2.75) is 59.2 Å². The molecular formula is C22H26F5NO7. The van der Waals surface area contributed by atoms with E-state index in [2.05, 4.69) is 4.74 Å². The summed E-state index contributed by atoms with van der Waals surface area (Å²) in [4.78, 5) is 37.6. The molecule has 13 heteroatoms. The monoisotopic (exact) mass is 511 g/mol. The minimum absolute atomic E-state index is 0.268. The second kappa shape index (κ2) is 11.4. The van der Waals surface area contributed by atoms with Crippen LogP contribution in [-0.2, 0) is 19.0 Å². The number of esters is 1. The maximum atomic E-state index is 13.7. The molecule has 2 amide bonds. The fourth-order valence-electron chi connectivity index (χ4n) is 2.28. The molecule has 1 rings (SSSR count). The number of nitrogens with zero attached hydrogens (tertiary/aromatic N) is 1.